The zero-order chi connectivity index (χ0) is 22.1. The van der Waals surface area contributed by atoms with Gasteiger partial charge in [0.15, 0.2) is 0 Å². The van der Waals surface area contributed by atoms with E-state index in [9.17, 15) is 20.4 Å². The van der Waals surface area contributed by atoms with E-state index >= 15 is 0 Å². The van der Waals surface area contributed by atoms with E-state index in [1.54, 1.807) is 0 Å². The van der Waals surface area contributed by atoms with Crippen molar-refractivity contribution in [2.75, 3.05) is 105 Å². The molecule has 0 bridgehead atoms. The van der Waals surface area contributed by atoms with E-state index in [0.29, 0.717) is 52.4 Å². The van der Waals surface area contributed by atoms with Crippen LogP contribution >= 0.6 is 0 Å². The maximum absolute atomic E-state index is 9.70. The molecule has 12 nitrogen and oxygen atoms in total. The van der Waals surface area contributed by atoms with Crippen LogP contribution in [0.3, 0.4) is 0 Å². The minimum absolute atomic E-state index is 0. The summed E-state index contributed by atoms with van der Waals surface area (Å²) in [5, 5.41) is 50.2. The number of hydrogen-bond donors (Lipinski definition) is 8. The van der Waals surface area contributed by atoms with Crippen molar-refractivity contribution in [1.29, 1.82) is 0 Å². The summed E-state index contributed by atoms with van der Waals surface area (Å²) in [5.74, 6) is 0. The van der Waals surface area contributed by atoms with Crippen molar-refractivity contribution in [2.24, 2.45) is 22.9 Å². The fourth-order valence-electron chi connectivity index (χ4n) is 1.20. The molecule has 12 N–H and O–H groups in total. The van der Waals surface area contributed by atoms with Crippen LogP contribution in [-0.4, -0.2) is 105 Å². The standard InChI is InChI=1S/4C4H11N2O.Ti/c4*5-1-2-6-3-4-7;/h4*6H,1-5H2;/q4*-1;+4. The van der Waals surface area contributed by atoms with Gasteiger partial charge in [0, 0.05) is 52.4 Å². The Morgan fingerprint density at radius 2 is 0.552 bits per heavy atom. The van der Waals surface area contributed by atoms with Gasteiger partial charge in [-0.1, -0.05) is 0 Å². The van der Waals surface area contributed by atoms with Crippen molar-refractivity contribution in [3.05, 3.63) is 0 Å². The van der Waals surface area contributed by atoms with Gasteiger partial charge < -0.3 is 64.6 Å². The fourth-order valence-corrected chi connectivity index (χ4v) is 1.20. The van der Waals surface area contributed by atoms with Gasteiger partial charge in [-0.15, -0.1) is 26.4 Å². The molecule has 0 aromatic rings. The van der Waals surface area contributed by atoms with Crippen molar-refractivity contribution >= 4 is 0 Å². The van der Waals surface area contributed by atoms with E-state index < -0.39 is 0 Å². The molecular weight excluding hydrogens is 416 g/mol. The third kappa shape index (κ3) is 73.7. The molecule has 29 heavy (non-hydrogen) atoms. The van der Waals surface area contributed by atoms with Gasteiger partial charge >= 0.3 is 21.7 Å². The van der Waals surface area contributed by atoms with Crippen molar-refractivity contribution in [2.45, 2.75) is 0 Å². The van der Waals surface area contributed by atoms with Crippen molar-refractivity contribution in [1.82, 2.24) is 21.3 Å². The quantitative estimate of drug-likeness (QED) is 0.0790. The Hall–Kier alpha value is 0.234. The predicted octanol–water partition coefficient (Wildman–Crippen LogP) is -8.42. The van der Waals surface area contributed by atoms with Gasteiger partial charge in [-0.2, -0.15) is 0 Å². The van der Waals surface area contributed by atoms with Crippen LogP contribution in [0.15, 0.2) is 0 Å². The van der Waals surface area contributed by atoms with Gasteiger partial charge in [0.05, 0.1) is 0 Å². The average Bonchev–Trinajstić information content (AvgIpc) is 2.71. The molecule has 0 amide bonds. The second-order valence-electron chi connectivity index (χ2n) is 4.97. The molecule has 0 spiro atoms. The SMILES string of the molecule is NCCNCC[O-].NCCNCC[O-].NCCNCC[O-].NCCNCC[O-].[Ti+4]. The summed E-state index contributed by atoms with van der Waals surface area (Å²) in [6.07, 6.45) is 0. The second-order valence-corrected chi connectivity index (χ2v) is 4.97. The van der Waals surface area contributed by atoms with Crippen LogP contribution in [0.2, 0.25) is 0 Å². The minimum atomic E-state index is -0.0556. The van der Waals surface area contributed by atoms with Gasteiger partial charge in [-0.25, -0.2) is 0 Å². The summed E-state index contributed by atoms with van der Waals surface area (Å²) in [6.45, 7) is 7.39. The molecule has 0 fully saturated rings. The van der Waals surface area contributed by atoms with Crippen LogP contribution in [0.4, 0.5) is 0 Å². The monoisotopic (exact) mass is 460 g/mol. The summed E-state index contributed by atoms with van der Waals surface area (Å²) in [4.78, 5) is 0. The average molecular weight is 460 g/mol. The molecule has 0 aromatic heterocycles. The first-order valence-electron chi connectivity index (χ1n) is 9.62. The second kappa shape index (κ2) is 51.1. The molecule has 0 aliphatic heterocycles. The zero-order valence-electron chi connectivity index (χ0n) is 17.8. The van der Waals surface area contributed by atoms with Crippen LogP contribution in [0.5, 0.6) is 0 Å². The van der Waals surface area contributed by atoms with Crippen molar-refractivity contribution in [3.8, 4) is 0 Å². The summed E-state index contributed by atoms with van der Waals surface area (Å²) >= 11 is 0. The number of nitrogens with one attached hydrogen (secondary N) is 4. The Labute approximate surface area is 191 Å². The van der Waals surface area contributed by atoms with Gasteiger partial charge in [0.2, 0.25) is 0 Å². The summed E-state index contributed by atoms with van der Waals surface area (Å²) in [7, 11) is 0. The molecular formula is C16H44N8O4Ti. The number of hydrogen-bond acceptors (Lipinski definition) is 12. The third-order valence-corrected chi connectivity index (χ3v) is 2.40. The smallest absolute Gasteiger partial charge is 0.854 e. The van der Waals surface area contributed by atoms with E-state index in [-0.39, 0.29) is 48.1 Å². The Morgan fingerprint density at radius 1 is 0.379 bits per heavy atom. The van der Waals surface area contributed by atoms with Gasteiger partial charge in [-0.3, -0.25) is 0 Å². The van der Waals surface area contributed by atoms with E-state index in [2.05, 4.69) is 21.3 Å². The topological polar surface area (TPSA) is 244 Å². The van der Waals surface area contributed by atoms with Crippen molar-refractivity contribution in [3.63, 3.8) is 0 Å². The molecule has 0 aromatic carbocycles. The van der Waals surface area contributed by atoms with E-state index in [4.69, 9.17) is 22.9 Å². The zero-order valence-corrected chi connectivity index (χ0v) is 19.3. The van der Waals surface area contributed by atoms with E-state index in [1.165, 1.54) is 0 Å². The maximum atomic E-state index is 9.70. The van der Waals surface area contributed by atoms with Crippen LogP contribution in [0, 0.1) is 0 Å². The Bertz CT molecular complexity index is 162. The van der Waals surface area contributed by atoms with Crippen LogP contribution in [0.25, 0.3) is 0 Å². The first kappa shape index (κ1) is 39.7. The molecule has 0 radical (unpaired) electrons. The molecule has 176 valence electrons. The maximum Gasteiger partial charge on any atom is 4.00 e. The van der Waals surface area contributed by atoms with E-state index in [0.717, 1.165) is 26.2 Å². The first-order valence-corrected chi connectivity index (χ1v) is 9.62. The predicted molar refractivity (Wildman–Crippen MR) is 107 cm³/mol. The normalized spacial score (nSPS) is 9.10. The minimum Gasteiger partial charge on any atom is -0.854 e. The summed E-state index contributed by atoms with van der Waals surface area (Å²) < 4.78 is 0. The van der Waals surface area contributed by atoms with Crippen molar-refractivity contribution < 1.29 is 42.1 Å². The molecule has 0 atom stereocenters. The molecule has 0 heterocycles. The Morgan fingerprint density at radius 3 is 0.655 bits per heavy atom. The molecule has 0 unspecified atom stereocenters. The summed E-state index contributed by atoms with van der Waals surface area (Å²) in [5.41, 5.74) is 20.4. The van der Waals surface area contributed by atoms with Crippen LogP contribution in [-0.2, 0) is 21.7 Å². The molecule has 0 saturated heterocycles. The van der Waals surface area contributed by atoms with Crippen LogP contribution in [0.1, 0.15) is 0 Å². The third-order valence-electron chi connectivity index (χ3n) is 2.40. The van der Waals surface area contributed by atoms with Crippen LogP contribution < -0.4 is 64.6 Å². The Balaban J connectivity index is -0.0000000873. The molecule has 13 heteroatoms. The molecule has 0 rings (SSSR count). The number of rotatable bonds is 16. The molecule has 0 saturated carbocycles. The molecule has 0 aliphatic rings. The summed E-state index contributed by atoms with van der Waals surface area (Å²) in [6, 6.07) is 0. The first-order chi connectivity index (χ1) is 13.7. The van der Waals surface area contributed by atoms with E-state index in [1.807, 2.05) is 0 Å². The Kier molecular flexibility index (Phi) is 70.0. The van der Waals surface area contributed by atoms with Gasteiger partial charge in [0.25, 0.3) is 0 Å². The largest absolute Gasteiger partial charge is 4.00 e. The fraction of sp³-hybridized carbons (Fsp3) is 1.00. The van der Waals surface area contributed by atoms with Gasteiger partial charge in [0.1, 0.15) is 0 Å². The molecule has 0 aliphatic carbocycles. The number of nitrogens with two attached hydrogens (primary N) is 4. The van der Waals surface area contributed by atoms with Gasteiger partial charge in [-0.05, 0) is 26.2 Å².